The van der Waals surface area contributed by atoms with Gasteiger partial charge in [-0.3, -0.25) is 0 Å². The van der Waals surface area contributed by atoms with Gasteiger partial charge in [0.1, 0.15) is 6.07 Å². The minimum absolute atomic E-state index is 0.280. The lowest BCUT2D eigenvalue weighted by molar-refractivity contribution is 0.411. The van der Waals surface area contributed by atoms with Crippen LogP contribution in [0.25, 0.3) is 0 Å². The number of piperidine rings is 1. The number of benzene rings is 1. The van der Waals surface area contributed by atoms with E-state index in [0.29, 0.717) is 17.1 Å². The van der Waals surface area contributed by atoms with Crippen molar-refractivity contribution in [3.05, 3.63) is 28.8 Å². The zero-order chi connectivity index (χ0) is 15.5. The first-order chi connectivity index (χ1) is 9.89. The molecule has 7 heteroatoms. The monoisotopic (exact) mass is 327 g/mol. The van der Waals surface area contributed by atoms with Crippen molar-refractivity contribution in [3.8, 4) is 6.07 Å². The molecule has 114 valence electrons. The van der Waals surface area contributed by atoms with Crippen molar-refractivity contribution in [2.24, 2.45) is 5.92 Å². The van der Waals surface area contributed by atoms with E-state index < -0.39 is 10.0 Å². The van der Waals surface area contributed by atoms with E-state index in [9.17, 15) is 8.42 Å². The first-order valence-corrected chi connectivity index (χ1v) is 9.05. The van der Waals surface area contributed by atoms with Crippen LogP contribution in [-0.4, -0.2) is 34.3 Å². The van der Waals surface area contributed by atoms with E-state index in [4.69, 9.17) is 16.9 Å². The molecule has 0 saturated carbocycles. The summed E-state index contributed by atoms with van der Waals surface area (Å²) in [7, 11) is -3.15. The summed E-state index contributed by atoms with van der Waals surface area (Å²) < 4.78 is 24.9. The van der Waals surface area contributed by atoms with Gasteiger partial charge in [0.05, 0.1) is 16.8 Å². The Bertz CT molecular complexity index is 655. The maximum atomic E-state index is 11.2. The molecule has 1 aromatic rings. The molecular formula is C14H18ClN3O2S. The Kier molecular flexibility index (Phi) is 5.09. The summed E-state index contributed by atoms with van der Waals surface area (Å²) in [5.74, 6) is 0.280. The Morgan fingerprint density at radius 2 is 2.29 bits per heavy atom. The van der Waals surface area contributed by atoms with Gasteiger partial charge in [-0.1, -0.05) is 11.6 Å². The first kappa shape index (κ1) is 16.1. The van der Waals surface area contributed by atoms with Gasteiger partial charge >= 0.3 is 0 Å². The van der Waals surface area contributed by atoms with Crippen LogP contribution in [0.1, 0.15) is 18.4 Å². The van der Waals surface area contributed by atoms with Gasteiger partial charge in [0, 0.05) is 25.3 Å². The van der Waals surface area contributed by atoms with Crippen molar-refractivity contribution in [1.29, 1.82) is 5.26 Å². The zero-order valence-corrected chi connectivity index (χ0v) is 13.4. The Hall–Kier alpha value is -1.29. The third kappa shape index (κ3) is 4.60. The quantitative estimate of drug-likeness (QED) is 0.917. The highest BCUT2D eigenvalue weighted by molar-refractivity contribution is 7.88. The molecule has 0 radical (unpaired) electrons. The van der Waals surface area contributed by atoms with E-state index >= 15 is 0 Å². The van der Waals surface area contributed by atoms with Gasteiger partial charge < -0.3 is 4.90 Å². The van der Waals surface area contributed by atoms with Crippen LogP contribution in [0, 0.1) is 17.2 Å². The molecule has 0 aliphatic carbocycles. The SMILES string of the molecule is CS(=O)(=O)NC[C@@H]1CCCN(c2ccc(C#N)c(Cl)c2)C1. The second-order valence-corrected chi connectivity index (χ2v) is 7.59. The van der Waals surface area contributed by atoms with Crippen LogP contribution in [0.3, 0.4) is 0 Å². The molecule has 1 aromatic carbocycles. The van der Waals surface area contributed by atoms with Crippen molar-refractivity contribution in [1.82, 2.24) is 4.72 Å². The Morgan fingerprint density at radius 3 is 2.90 bits per heavy atom. The molecule has 0 unspecified atom stereocenters. The Labute approximate surface area is 130 Å². The number of rotatable bonds is 4. The molecule has 5 nitrogen and oxygen atoms in total. The van der Waals surface area contributed by atoms with Gasteiger partial charge in [-0.05, 0) is 37.0 Å². The molecule has 1 fully saturated rings. The van der Waals surface area contributed by atoms with Crippen LogP contribution in [-0.2, 0) is 10.0 Å². The third-order valence-corrected chi connectivity index (χ3v) is 4.60. The van der Waals surface area contributed by atoms with Crippen LogP contribution in [0.4, 0.5) is 5.69 Å². The van der Waals surface area contributed by atoms with Gasteiger partial charge in [0.15, 0.2) is 0 Å². The summed E-state index contributed by atoms with van der Waals surface area (Å²) >= 11 is 6.07. The van der Waals surface area contributed by atoms with E-state index in [1.165, 1.54) is 6.26 Å². The van der Waals surface area contributed by atoms with E-state index in [1.807, 2.05) is 12.1 Å². The molecule has 0 spiro atoms. The summed E-state index contributed by atoms with van der Waals surface area (Å²) in [5, 5.41) is 9.35. The highest BCUT2D eigenvalue weighted by Crippen LogP contribution is 2.27. The Balaban J connectivity index is 2.04. The Morgan fingerprint density at radius 1 is 1.52 bits per heavy atom. The molecule has 21 heavy (non-hydrogen) atoms. The summed E-state index contributed by atoms with van der Waals surface area (Å²) in [5.41, 5.74) is 1.44. The number of halogens is 1. The molecular weight excluding hydrogens is 310 g/mol. The van der Waals surface area contributed by atoms with Crippen molar-refractivity contribution in [2.75, 3.05) is 30.8 Å². The highest BCUT2D eigenvalue weighted by atomic mass is 35.5. The molecule has 2 rings (SSSR count). The normalized spacial score (nSPS) is 19.3. The minimum atomic E-state index is -3.15. The van der Waals surface area contributed by atoms with E-state index in [0.717, 1.165) is 31.6 Å². The molecule has 1 N–H and O–H groups in total. The average Bonchev–Trinajstić information content (AvgIpc) is 2.44. The second kappa shape index (κ2) is 6.65. The van der Waals surface area contributed by atoms with Crippen molar-refractivity contribution in [2.45, 2.75) is 12.8 Å². The standard InChI is InChI=1S/C14H18ClN3O2S/c1-21(19,20)17-9-11-3-2-6-18(10-11)13-5-4-12(8-16)14(15)7-13/h4-5,7,11,17H,2-3,6,9-10H2,1H3/t11-/m0/s1. The summed E-state index contributed by atoms with van der Waals surface area (Å²) in [6.45, 7) is 2.15. The predicted molar refractivity (Wildman–Crippen MR) is 84.0 cm³/mol. The maximum Gasteiger partial charge on any atom is 0.208 e. The fraction of sp³-hybridized carbons (Fsp3) is 0.500. The number of anilines is 1. The van der Waals surface area contributed by atoms with Gasteiger partial charge in [0.25, 0.3) is 0 Å². The topological polar surface area (TPSA) is 73.2 Å². The van der Waals surface area contributed by atoms with Crippen molar-refractivity contribution < 1.29 is 8.42 Å². The number of nitrogens with one attached hydrogen (secondary N) is 1. The summed E-state index contributed by atoms with van der Waals surface area (Å²) in [6.07, 6.45) is 3.19. The smallest absolute Gasteiger partial charge is 0.208 e. The largest absolute Gasteiger partial charge is 0.371 e. The molecule has 0 aromatic heterocycles. The minimum Gasteiger partial charge on any atom is -0.371 e. The van der Waals surface area contributed by atoms with Gasteiger partial charge in [-0.2, -0.15) is 5.26 Å². The van der Waals surface area contributed by atoms with Gasteiger partial charge in [0.2, 0.25) is 10.0 Å². The van der Waals surface area contributed by atoms with E-state index in [1.54, 1.807) is 12.1 Å². The van der Waals surface area contributed by atoms with E-state index in [-0.39, 0.29) is 5.92 Å². The van der Waals surface area contributed by atoms with Crippen LogP contribution in [0.15, 0.2) is 18.2 Å². The lowest BCUT2D eigenvalue weighted by atomic mass is 9.97. The number of hydrogen-bond donors (Lipinski definition) is 1. The number of nitriles is 1. The first-order valence-electron chi connectivity index (χ1n) is 6.78. The molecule has 1 saturated heterocycles. The average molecular weight is 328 g/mol. The van der Waals surface area contributed by atoms with Crippen LogP contribution < -0.4 is 9.62 Å². The summed E-state index contributed by atoms with van der Waals surface area (Å²) in [4.78, 5) is 2.19. The number of nitrogens with zero attached hydrogens (tertiary/aromatic N) is 2. The molecule has 0 amide bonds. The fourth-order valence-corrected chi connectivity index (χ4v) is 3.28. The lowest BCUT2D eigenvalue weighted by Gasteiger charge is -2.34. The van der Waals surface area contributed by atoms with Crippen molar-refractivity contribution >= 4 is 27.3 Å². The van der Waals surface area contributed by atoms with E-state index in [2.05, 4.69) is 9.62 Å². The summed E-state index contributed by atoms with van der Waals surface area (Å²) in [6, 6.07) is 7.45. The fourth-order valence-electron chi connectivity index (χ4n) is 2.53. The lowest BCUT2D eigenvalue weighted by Crippen LogP contribution is -2.40. The van der Waals surface area contributed by atoms with Gasteiger partial charge in [-0.15, -0.1) is 0 Å². The third-order valence-electron chi connectivity index (χ3n) is 3.59. The van der Waals surface area contributed by atoms with Crippen LogP contribution in [0.5, 0.6) is 0 Å². The predicted octanol–water partition coefficient (Wildman–Crippen LogP) is 1.98. The molecule has 1 aliphatic heterocycles. The number of hydrogen-bond acceptors (Lipinski definition) is 4. The zero-order valence-electron chi connectivity index (χ0n) is 11.8. The molecule has 1 aliphatic rings. The number of sulfonamides is 1. The van der Waals surface area contributed by atoms with Gasteiger partial charge in [-0.25, -0.2) is 13.1 Å². The maximum absolute atomic E-state index is 11.2. The second-order valence-electron chi connectivity index (χ2n) is 5.35. The highest BCUT2D eigenvalue weighted by Gasteiger charge is 2.21. The molecule has 1 heterocycles. The van der Waals surface area contributed by atoms with Crippen LogP contribution >= 0.6 is 11.6 Å². The van der Waals surface area contributed by atoms with Crippen LogP contribution in [0.2, 0.25) is 5.02 Å². The molecule has 0 bridgehead atoms. The van der Waals surface area contributed by atoms with Crippen molar-refractivity contribution in [3.63, 3.8) is 0 Å². The molecule has 1 atom stereocenters.